The molecule has 0 atom stereocenters. The minimum atomic E-state index is -0.159. The van der Waals surface area contributed by atoms with Gasteiger partial charge >= 0.3 is 0 Å². The molecule has 4 nitrogen and oxygen atoms in total. The first-order chi connectivity index (χ1) is 13.8. The van der Waals surface area contributed by atoms with Crippen LogP contribution in [0.15, 0.2) is 41.3 Å². The lowest BCUT2D eigenvalue weighted by molar-refractivity contribution is -0.121. The van der Waals surface area contributed by atoms with Crippen LogP contribution in [0.25, 0.3) is 6.08 Å². The van der Waals surface area contributed by atoms with Crippen LogP contribution in [-0.4, -0.2) is 35.4 Å². The molecule has 0 aliphatic carbocycles. The molecule has 0 unspecified atom stereocenters. The number of aryl methyl sites for hydroxylation is 1. The molecule has 1 aliphatic rings. The fourth-order valence-electron chi connectivity index (χ4n) is 2.65. The van der Waals surface area contributed by atoms with Crippen molar-refractivity contribution < 1.29 is 14.3 Å². The molecule has 0 saturated carbocycles. The molecular formula is C21H19Cl2NO3S2. The van der Waals surface area contributed by atoms with E-state index in [1.165, 1.54) is 16.7 Å². The van der Waals surface area contributed by atoms with Crippen LogP contribution in [0.1, 0.15) is 17.5 Å². The highest BCUT2D eigenvalue weighted by molar-refractivity contribution is 8.26. The van der Waals surface area contributed by atoms with E-state index in [-0.39, 0.29) is 5.91 Å². The van der Waals surface area contributed by atoms with E-state index in [0.29, 0.717) is 50.2 Å². The molecule has 3 rings (SSSR count). The number of amides is 1. The van der Waals surface area contributed by atoms with E-state index in [9.17, 15) is 4.79 Å². The van der Waals surface area contributed by atoms with Gasteiger partial charge in [0.2, 0.25) is 0 Å². The predicted octanol–water partition coefficient (Wildman–Crippen LogP) is 5.98. The molecule has 152 valence electrons. The summed E-state index contributed by atoms with van der Waals surface area (Å²) in [6.45, 7) is 2.94. The van der Waals surface area contributed by atoms with Gasteiger partial charge in [0.25, 0.3) is 5.91 Å². The number of nitrogens with zero attached hydrogens (tertiary/aromatic N) is 1. The molecule has 1 heterocycles. The van der Waals surface area contributed by atoms with E-state index in [0.717, 1.165) is 11.3 Å². The molecule has 2 aromatic carbocycles. The van der Waals surface area contributed by atoms with E-state index in [4.69, 9.17) is 44.9 Å². The van der Waals surface area contributed by atoms with Gasteiger partial charge in [0.1, 0.15) is 15.8 Å². The zero-order valence-electron chi connectivity index (χ0n) is 15.9. The zero-order chi connectivity index (χ0) is 21.0. The third-order valence-electron chi connectivity index (χ3n) is 4.10. The predicted molar refractivity (Wildman–Crippen MR) is 124 cm³/mol. The number of carbonyl (C=O) groups is 1. The topological polar surface area (TPSA) is 38.8 Å². The van der Waals surface area contributed by atoms with Gasteiger partial charge in [0.15, 0.2) is 0 Å². The lowest BCUT2D eigenvalue weighted by Crippen LogP contribution is -2.22. The van der Waals surface area contributed by atoms with Crippen molar-refractivity contribution in [1.29, 1.82) is 0 Å². The van der Waals surface area contributed by atoms with Crippen LogP contribution < -0.4 is 9.47 Å². The highest BCUT2D eigenvalue weighted by atomic mass is 35.5. The largest absolute Gasteiger partial charge is 0.493 e. The Hall–Kier alpha value is -1.73. The van der Waals surface area contributed by atoms with E-state index in [1.54, 1.807) is 25.3 Å². The van der Waals surface area contributed by atoms with Crippen LogP contribution in [-0.2, 0) is 4.79 Å². The summed E-state index contributed by atoms with van der Waals surface area (Å²) in [5.41, 5.74) is 1.78. The quantitative estimate of drug-likeness (QED) is 0.284. The molecule has 1 aliphatic heterocycles. The van der Waals surface area contributed by atoms with Crippen LogP contribution in [0.3, 0.4) is 0 Å². The fourth-order valence-corrected chi connectivity index (χ4v) is 4.39. The van der Waals surface area contributed by atoms with Gasteiger partial charge in [0, 0.05) is 24.1 Å². The minimum Gasteiger partial charge on any atom is -0.493 e. The molecule has 1 saturated heterocycles. The van der Waals surface area contributed by atoms with Crippen molar-refractivity contribution >= 4 is 63.5 Å². The first kappa shape index (κ1) is 22.0. The third kappa shape index (κ3) is 5.66. The number of hydrogen-bond donors (Lipinski definition) is 0. The lowest BCUT2D eigenvalue weighted by Gasteiger charge is -2.13. The number of benzene rings is 2. The summed E-state index contributed by atoms with van der Waals surface area (Å²) in [5, 5.41) is 0.846. The van der Waals surface area contributed by atoms with E-state index in [1.807, 2.05) is 31.2 Å². The molecule has 0 N–H and O–H groups in total. The van der Waals surface area contributed by atoms with Crippen molar-refractivity contribution in [3.63, 3.8) is 0 Å². The lowest BCUT2D eigenvalue weighted by atomic mass is 10.1. The summed E-state index contributed by atoms with van der Waals surface area (Å²) in [5.74, 6) is 1.15. The number of halogens is 2. The number of hydrogen-bond acceptors (Lipinski definition) is 5. The average Bonchev–Trinajstić information content (AvgIpc) is 2.90. The van der Waals surface area contributed by atoms with E-state index in [2.05, 4.69) is 0 Å². The van der Waals surface area contributed by atoms with Crippen molar-refractivity contribution in [2.24, 2.45) is 0 Å². The maximum absolute atomic E-state index is 12.3. The molecule has 29 heavy (non-hydrogen) atoms. The summed E-state index contributed by atoms with van der Waals surface area (Å²) in [4.78, 5) is 14.2. The Morgan fingerprint density at radius 1 is 1.17 bits per heavy atom. The second-order valence-electron chi connectivity index (χ2n) is 6.41. The monoisotopic (exact) mass is 467 g/mol. The molecule has 8 heteroatoms. The maximum Gasteiger partial charge on any atom is 0.265 e. The van der Waals surface area contributed by atoms with Crippen molar-refractivity contribution in [2.45, 2.75) is 13.3 Å². The number of rotatable bonds is 7. The van der Waals surface area contributed by atoms with Gasteiger partial charge < -0.3 is 9.47 Å². The van der Waals surface area contributed by atoms with Gasteiger partial charge in [-0.25, -0.2) is 0 Å². The summed E-state index contributed by atoms with van der Waals surface area (Å²) in [7, 11) is 1.65. The van der Waals surface area contributed by atoms with Crippen LogP contribution >= 0.6 is 47.2 Å². The first-order valence-electron chi connectivity index (χ1n) is 8.88. The normalized spacial score (nSPS) is 15.3. The molecule has 1 fully saturated rings. The molecule has 0 aromatic heterocycles. The van der Waals surface area contributed by atoms with Crippen molar-refractivity contribution in [3.8, 4) is 11.5 Å². The molecule has 1 amide bonds. The first-order valence-corrected chi connectivity index (χ1v) is 10.9. The van der Waals surface area contributed by atoms with Crippen LogP contribution in [0, 0.1) is 6.92 Å². The van der Waals surface area contributed by atoms with Crippen LogP contribution in [0.2, 0.25) is 10.0 Å². The summed E-state index contributed by atoms with van der Waals surface area (Å²) < 4.78 is 12.1. The number of likely N-dealkylation sites (N-methyl/N-ethyl adjacent to an activating group) is 1. The minimum absolute atomic E-state index is 0.159. The zero-order valence-corrected chi connectivity index (χ0v) is 19.1. The summed E-state index contributed by atoms with van der Waals surface area (Å²) in [6, 6.07) is 11.2. The SMILES string of the molecule is Cc1cccc(OCCCOc2c(Cl)cc(Cl)cc2/C=C2/SC(=S)N(C)C2=O)c1. The Balaban J connectivity index is 1.66. The van der Waals surface area contributed by atoms with Gasteiger partial charge in [-0.2, -0.15) is 0 Å². The number of thioether (sulfide) groups is 1. The molecule has 2 aromatic rings. The van der Waals surface area contributed by atoms with Gasteiger partial charge in [-0.1, -0.05) is 59.3 Å². The Kier molecular flexibility index (Phi) is 7.46. The molecular weight excluding hydrogens is 449 g/mol. The molecule has 0 radical (unpaired) electrons. The van der Waals surface area contributed by atoms with E-state index < -0.39 is 0 Å². The van der Waals surface area contributed by atoms with Crippen LogP contribution in [0.4, 0.5) is 0 Å². The summed E-state index contributed by atoms with van der Waals surface area (Å²) >= 11 is 18.9. The smallest absolute Gasteiger partial charge is 0.265 e. The Morgan fingerprint density at radius 2 is 1.93 bits per heavy atom. The van der Waals surface area contributed by atoms with Crippen molar-refractivity contribution in [2.75, 3.05) is 20.3 Å². The third-order valence-corrected chi connectivity index (χ3v) is 6.09. The Morgan fingerprint density at radius 3 is 2.62 bits per heavy atom. The Bertz CT molecular complexity index is 978. The number of thiocarbonyl (C=S) groups is 1. The average molecular weight is 468 g/mol. The second kappa shape index (κ2) is 9.85. The molecule has 0 bridgehead atoms. The second-order valence-corrected chi connectivity index (χ2v) is 8.93. The number of ether oxygens (including phenoxy) is 2. The van der Waals surface area contributed by atoms with E-state index >= 15 is 0 Å². The molecule has 0 spiro atoms. The van der Waals surface area contributed by atoms with Crippen molar-refractivity contribution in [1.82, 2.24) is 4.90 Å². The summed E-state index contributed by atoms with van der Waals surface area (Å²) in [6.07, 6.45) is 2.38. The number of carbonyl (C=O) groups excluding carboxylic acids is 1. The van der Waals surface area contributed by atoms with Gasteiger partial charge in [-0.15, -0.1) is 0 Å². The fraction of sp³-hybridized carbons (Fsp3) is 0.238. The Labute approximate surface area is 189 Å². The van der Waals surface area contributed by atoms with Gasteiger partial charge in [-0.3, -0.25) is 9.69 Å². The highest BCUT2D eigenvalue weighted by Crippen LogP contribution is 2.37. The van der Waals surface area contributed by atoms with Gasteiger partial charge in [-0.05, 0) is 42.8 Å². The van der Waals surface area contributed by atoms with Gasteiger partial charge in [0.05, 0.1) is 23.1 Å². The van der Waals surface area contributed by atoms with Crippen LogP contribution in [0.5, 0.6) is 11.5 Å². The maximum atomic E-state index is 12.3. The van der Waals surface area contributed by atoms with Crippen molar-refractivity contribution in [3.05, 3.63) is 62.5 Å². The highest BCUT2D eigenvalue weighted by Gasteiger charge is 2.29. The standard InChI is InChI=1S/C21H19Cl2NO3S2/c1-13-5-3-6-16(9-13)26-7-4-8-27-19-14(10-15(22)12-17(19)23)11-18-20(25)24(2)21(28)29-18/h3,5-6,9-12H,4,7-8H2,1-2H3/b18-11+.